The van der Waals surface area contributed by atoms with E-state index in [9.17, 15) is 0 Å². The molecule has 1 saturated carbocycles. The third-order valence-corrected chi connectivity index (χ3v) is 4.07. The van der Waals surface area contributed by atoms with Crippen molar-refractivity contribution in [3.63, 3.8) is 0 Å². The van der Waals surface area contributed by atoms with E-state index in [0.29, 0.717) is 0 Å². The number of hydrogen-bond acceptors (Lipinski definition) is 2. The summed E-state index contributed by atoms with van der Waals surface area (Å²) < 4.78 is 1.08. The molecule has 0 spiro atoms. The lowest BCUT2D eigenvalue weighted by molar-refractivity contribution is 0.200. The molecule has 0 radical (unpaired) electrons. The van der Waals surface area contributed by atoms with Gasteiger partial charge in [0.15, 0.2) is 0 Å². The highest BCUT2D eigenvalue weighted by Crippen LogP contribution is 2.26. The van der Waals surface area contributed by atoms with Gasteiger partial charge in [0.25, 0.3) is 0 Å². The summed E-state index contributed by atoms with van der Waals surface area (Å²) in [6, 6.07) is 6.99. The van der Waals surface area contributed by atoms with Gasteiger partial charge >= 0.3 is 0 Å². The normalized spacial score (nSPS) is 16.9. The minimum Gasteiger partial charge on any atom is -0.399 e. The van der Waals surface area contributed by atoms with Gasteiger partial charge in [-0.1, -0.05) is 35.7 Å². The number of hydrogen-bond donors (Lipinski definition) is 1. The summed E-state index contributed by atoms with van der Waals surface area (Å²) in [4.78, 5) is 2.58. The Labute approximate surface area is 112 Å². The van der Waals surface area contributed by atoms with E-state index in [4.69, 9.17) is 5.73 Å². The molecule has 2 nitrogen and oxygen atoms in total. The van der Waals surface area contributed by atoms with Crippen molar-refractivity contribution >= 4 is 21.6 Å². The summed E-state index contributed by atoms with van der Waals surface area (Å²) in [6.45, 7) is 4.39. The highest BCUT2D eigenvalue weighted by molar-refractivity contribution is 9.10. The van der Waals surface area contributed by atoms with Crippen molar-refractivity contribution in [1.29, 1.82) is 0 Å². The fourth-order valence-electron chi connectivity index (χ4n) is 2.77. The Morgan fingerprint density at radius 1 is 1.29 bits per heavy atom. The van der Waals surface area contributed by atoms with Crippen LogP contribution in [-0.4, -0.2) is 17.5 Å². The van der Waals surface area contributed by atoms with Crippen LogP contribution in [0.5, 0.6) is 0 Å². The summed E-state index contributed by atoms with van der Waals surface area (Å²) in [6.07, 6.45) is 5.50. The summed E-state index contributed by atoms with van der Waals surface area (Å²) in [5.74, 6) is 0. The van der Waals surface area contributed by atoms with E-state index in [-0.39, 0.29) is 0 Å². The first-order chi connectivity index (χ1) is 8.19. The van der Waals surface area contributed by atoms with Crippen LogP contribution in [-0.2, 0) is 6.54 Å². The Morgan fingerprint density at radius 3 is 2.59 bits per heavy atom. The predicted molar refractivity (Wildman–Crippen MR) is 76.9 cm³/mol. The van der Waals surface area contributed by atoms with Crippen LogP contribution in [0.3, 0.4) is 0 Å². The van der Waals surface area contributed by atoms with Crippen LogP contribution in [0.25, 0.3) is 0 Å². The van der Waals surface area contributed by atoms with Crippen molar-refractivity contribution in [2.24, 2.45) is 0 Å². The number of nitrogens with two attached hydrogens (primary N) is 1. The van der Waals surface area contributed by atoms with Crippen LogP contribution < -0.4 is 5.73 Å². The molecule has 0 unspecified atom stereocenters. The lowest BCUT2D eigenvalue weighted by Gasteiger charge is -2.27. The highest BCUT2D eigenvalue weighted by Gasteiger charge is 2.21. The molecule has 2 rings (SSSR count). The summed E-state index contributed by atoms with van der Waals surface area (Å²) in [7, 11) is 0. The maximum atomic E-state index is 5.88. The Morgan fingerprint density at radius 2 is 2.00 bits per heavy atom. The van der Waals surface area contributed by atoms with Crippen LogP contribution in [0.1, 0.15) is 38.2 Å². The minimum atomic E-state index is 0.778. The highest BCUT2D eigenvalue weighted by atomic mass is 79.9. The average molecular weight is 297 g/mol. The Balaban J connectivity index is 2.06. The fraction of sp³-hybridized carbons (Fsp3) is 0.571. The van der Waals surface area contributed by atoms with E-state index in [0.717, 1.165) is 29.3 Å². The van der Waals surface area contributed by atoms with Gasteiger partial charge in [0.2, 0.25) is 0 Å². The zero-order valence-corrected chi connectivity index (χ0v) is 12.0. The average Bonchev–Trinajstić information content (AvgIpc) is 2.77. The van der Waals surface area contributed by atoms with Crippen molar-refractivity contribution in [2.45, 2.75) is 45.2 Å². The number of nitrogen functional groups attached to an aromatic ring is 1. The molecule has 1 fully saturated rings. The molecule has 2 N–H and O–H groups in total. The van der Waals surface area contributed by atoms with E-state index in [1.807, 2.05) is 6.07 Å². The second kappa shape index (κ2) is 5.87. The molecule has 1 aliphatic carbocycles. The van der Waals surface area contributed by atoms with Gasteiger partial charge in [-0.25, -0.2) is 0 Å². The second-order valence-electron chi connectivity index (χ2n) is 4.89. The van der Waals surface area contributed by atoms with E-state index in [1.165, 1.54) is 31.2 Å². The first-order valence-electron chi connectivity index (χ1n) is 6.48. The second-order valence-corrected chi connectivity index (χ2v) is 5.81. The monoisotopic (exact) mass is 296 g/mol. The van der Waals surface area contributed by atoms with Crippen LogP contribution in [0.2, 0.25) is 0 Å². The Hall–Kier alpha value is -0.540. The van der Waals surface area contributed by atoms with Crippen LogP contribution in [0.4, 0.5) is 5.69 Å². The van der Waals surface area contributed by atoms with Gasteiger partial charge in [-0.15, -0.1) is 0 Å². The van der Waals surface area contributed by atoms with E-state index >= 15 is 0 Å². The number of rotatable bonds is 4. The zero-order valence-electron chi connectivity index (χ0n) is 10.5. The van der Waals surface area contributed by atoms with E-state index < -0.39 is 0 Å². The molecular formula is C14H21BrN2. The lowest BCUT2D eigenvalue weighted by atomic mass is 10.1. The van der Waals surface area contributed by atoms with E-state index in [2.05, 4.69) is 39.9 Å². The summed E-state index contributed by atoms with van der Waals surface area (Å²) in [5.41, 5.74) is 8.04. The topological polar surface area (TPSA) is 29.3 Å². The molecule has 94 valence electrons. The maximum Gasteiger partial charge on any atom is 0.0328 e. The van der Waals surface area contributed by atoms with Crippen molar-refractivity contribution in [2.75, 3.05) is 12.3 Å². The molecule has 0 aliphatic heterocycles. The molecule has 17 heavy (non-hydrogen) atoms. The number of benzene rings is 1. The van der Waals surface area contributed by atoms with Gasteiger partial charge in [0.05, 0.1) is 0 Å². The van der Waals surface area contributed by atoms with Crippen molar-refractivity contribution in [1.82, 2.24) is 4.90 Å². The first-order valence-corrected chi connectivity index (χ1v) is 7.27. The molecule has 3 heteroatoms. The Bertz CT molecular complexity index is 352. The zero-order chi connectivity index (χ0) is 12.3. The van der Waals surface area contributed by atoms with Crippen LogP contribution in [0, 0.1) is 0 Å². The molecule has 0 amide bonds. The van der Waals surface area contributed by atoms with Crippen molar-refractivity contribution in [3.05, 3.63) is 28.2 Å². The number of halogens is 1. The predicted octanol–water partition coefficient (Wildman–Crippen LogP) is 3.80. The smallest absolute Gasteiger partial charge is 0.0328 e. The molecule has 0 bridgehead atoms. The van der Waals surface area contributed by atoms with E-state index in [1.54, 1.807) is 0 Å². The largest absolute Gasteiger partial charge is 0.399 e. The van der Waals surface area contributed by atoms with Gasteiger partial charge in [-0.05, 0) is 43.1 Å². The molecule has 1 aliphatic rings. The standard InChI is InChI=1S/C14H21BrN2/c1-2-17(14-5-3-4-6-14)10-11-7-12(15)9-13(16)8-11/h7-9,14H,2-6,10,16H2,1H3. The summed E-state index contributed by atoms with van der Waals surface area (Å²) in [5, 5.41) is 0. The van der Waals surface area contributed by atoms with Gasteiger partial charge in [0.1, 0.15) is 0 Å². The number of anilines is 1. The van der Waals surface area contributed by atoms with Gasteiger partial charge < -0.3 is 5.73 Å². The molecule has 1 aromatic carbocycles. The first kappa shape index (κ1) is 12.9. The van der Waals surface area contributed by atoms with Crippen LogP contribution >= 0.6 is 15.9 Å². The van der Waals surface area contributed by atoms with Gasteiger partial charge in [-0.2, -0.15) is 0 Å². The molecule has 0 aromatic heterocycles. The van der Waals surface area contributed by atoms with Crippen molar-refractivity contribution in [3.8, 4) is 0 Å². The third-order valence-electron chi connectivity index (χ3n) is 3.61. The SMILES string of the molecule is CCN(Cc1cc(N)cc(Br)c1)C1CCCC1. The quantitative estimate of drug-likeness (QED) is 0.857. The molecule has 1 aromatic rings. The van der Waals surface area contributed by atoms with Gasteiger partial charge in [-0.3, -0.25) is 4.90 Å². The third kappa shape index (κ3) is 3.46. The van der Waals surface area contributed by atoms with Gasteiger partial charge in [0, 0.05) is 22.7 Å². The fourth-order valence-corrected chi connectivity index (χ4v) is 3.33. The van der Waals surface area contributed by atoms with Crippen LogP contribution in [0.15, 0.2) is 22.7 Å². The van der Waals surface area contributed by atoms with Crippen molar-refractivity contribution < 1.29 is 0 Å². The summed E-state index contributed by atoms with van der Waals surface area (Å²) >= 11 is 3.51. The molecule has 0 saturated heterocycles. The molecular weight excluding hydrogens is 276 g/mol. The number of nitrogens with zero attached hydrogens (tertiary/aromatic N) is 1. The maximum absolute atomic E-state index is 5.88. The molecule has 0 atom stereocenters. The lowest BCUT2D eigenvalue weighted by Crippen LogP contribution is -2.32. The Kier molecular flexibility index (Phi) is 4.46. The minimum absolute atomic E-state index is 0.778. The molecule has 0 heterocycles.